The average molecular weight is 313 g/mol. The second-order valence-corrected chi connectivity index (χ2v) is 1.68. The van der Waals surface area contributed by atoms with Crippen molar-refractivity contribution in [2.75, 3.05) is 0 Å². The van der Waals surface area contributed by atoms with Gasteiger partial charge in [-0.05, 0) is 5.92 Å². The van der Waals surface area contributed by atoms with Crippen LogP contribution in [0, 0.1) is 17.9 Å². The van der Waals surface area contributed by atoms with E-state index in [1.807, 2.05) is 0 Å². The fourth-order valence-corrected chi connectivity index (χ4v) is 0.583. The summed E-state index contributed by atoms with van der Waals surface area (Å²) in [7, 11) is 0. The van der Waals surface area contributed by atoms with Gasteiger partial charge in [-0.2, -0.15) is 30.3 Å². The molecule has 0 N–H and O–H groups in total. The van der Waals surface area contributed by atoms with Crippen LogP contribution in [0.25, 0.3) is 0 Å². The molecular weight excluding hydrogens is 308 g/mol. The van der Waals surface area contributed by atoms with Crippen molar-refractivity contribution in [2.24, 2.45) is 0 Å². The van der Waals surface area contributed by atoms with Crippen molar-refractivity contribution in [3.05, 3.63) is 35.9 Å². The summed E-state index contributed by atoms with van der Waals surface area (Å²) < 4.78 is 0. The zero-order valence-electron chi connectivity index (χ0n) is 5.70. The van der Waals surface area contributed by atoms with Crippen molar-refractivity contribution in [2.45, 2.75) is 0 Å². The minimum atomic E-state index is 0. The maximum atomic E-state index is 9.80. The molecule has 0 saturated heterocycles. The van der Waals surface area contributed by atoms with E-state index in [1.54, 1.807) is 24.3 Å². The molecule has 1 aromatic rings. The number of carbonyl (C=O) groups is 1. The van der Waals surface area contributed by atoms with Crippen LogP contribution >= 0.6 is 0 Å². The fourth-order valence-electron chi connectivity index (χ4n) is 0.583. The van der Waals surface area contributed by atoms with Crippen LogP contribution in [0.5, 0.6) is 0 Å². The summed E-state index contributed by atoms with van der Waals surface area (Å²) in [6.07, 6.45) is 0.580. The molecule has 0 spiro atoms. The second-order valence-electron chi connectivity index (χ2n) is 1.68. The first-order valence-electron chi connectivity index (χ1n) is 2.85. The molecule has 0 amide bonds. The van der Waals surface area contributed by atoms with E-state index in [2.05, 4.69) is 17.9 Å². The van der Waals surface area contributed by atoms with E-state index in [4.69, 9.17) is 0 Å². The van der Waals surface area contributed by atoms with Crippen molar-refractivity contribution in [3.8, 4) is 11.8 Å². The number of hydrogen-bond donors (Lipinski definition) is 0. The molecule has 0 bridgehead atoms. The Morgan fingerprint density at radius 2 is 2.00 bits per heavy atom. The molecule has 0 atom stereocenters. The van der Waals surface area contributed by atoms with E-state index in [9.17, 15) is 4.79 Å². The molecule has 0 fully saturated rings. The van der Waals surface area contributed by atoms with Crippen LogP contribution in [-0.4, -0.2) is 6.29 Å². The van der Waals surface area contributed by atoms with E-state index in [1.165, 1.54) is 0 Å². The quantitative estimate of drug-likeness (QED) is 0.397. The monoisotopic (exact) mass is 313 g/mol. The van der Waals surface area contributed by atoms with Crippen molar-refractivity contribution < 1.29 is 25.9 Å². The Balaban J connectivity index is 0.000001000. The molecule has 11 heavy (non-hydrogen) atoms. The molecule has 0 aliphatic rings. The van der Waals surface area contributed by atoms with Gasteiger partial charge in [-0.25, -0.2) is 0 Å². The molecular formula is C9H5OW-. The van der Waals surface area contributed by atoms with Crippen molar-refractivity contribution in [1.82, 2.24) is 0 Å². The summed E-state index contributed by atoms with van der Waals surface area (Å²) in [4.78, 5) is 9.80. The summed E-state index contributed by atoms with van der Waals surface area (Å²) >= 11 is 0. The number of hydrogen-bond acceptors (Lipinski definition) is 1. The van der Waals surface area contributed by atoms with Crippen LogP contribution < -0.4 is 0 Å². The summed E-state index contributed by atoms with van der Waals surface area (Å²) in [5.74, 6) is 4.98. The summed E-state index contributed by atoms with van der Waals surface area (Å²) in [5, 5.41) is 0. The first kappa shape index (κ1) is 10.1. The van der Waals surface area contributed by atoms with Crippen LogP contribution in [0.15, 0.2) is 24.3 Å². The molecule has 2 heteroatoms. The maximum Gasteiger partial charge on any atom is 0.193 e. The maximum absolute atomic E-state index is 9.80. The minimum absolute atomic E-state index is 0. The summed E-state index contributed by atoms with van der Waals surface area (Å²) in [5.41, 5.74) is 0.839. The fraction of sp³-hybridized carbons (Fsp3) is 0. The van der Waals surface area contributed by atoms with Gasteiger partial charge >= 0.3 is 0 Å². The normalized spacial score (nSPS) is 6.91. The smallest absolute Gasteiger partial charge is 0.193 e. The molecule has 0 heterocycles. The molecule has 0 aromatic heterocycles. The van der Waals surface area contributed by atoms with Crippen LogP contribution in [0.4, 0.5) is 0 Å². The third-order valence-electron chi connectivity index (χ3n) is 0.994. The number of carbonyl (C=O) groups excluding carboxylic acids is 1. The Morgan fingerprint density at radius 1 is 1.36 bits per heavy atom. The Hall–Kier alpha value is -0.862. The van der Waals surface area contributed by atoms with E-state index in [0.29, 0.717) is 6.29 Å². The van der Waals surface area contributed by atoms with E-state index >= 15 is 0 Å². The van der Waals surface area contributed by atoms with Crippen molar-refractivity contribution in [3.63, 3.8) is 0 Å². The van der Waals surface area contributed by atoms with Gasteiger partial charge in [0.15, 0.2) is 6.29 Å². The van der Waals surface area contributed by atoms with Gasteiger partial charge < -0.3 is 0 Å². The van der Waals surface area contributed by atoms with E-state index in [0.717, 1.165) is 5.56 Å². The van der Waals surface area contributed by atoms with Crippen LogP contribution in [0.3, 0.4) is 0 Å². The Bertz CT molecular complexity index is 269. The Kier molecular flexibility index (Phi) is 5.43. The molecule has 1 aromatic carbocycles. The van der Waals surface area contributed by atoms with Gasteiger partial charge in [0.2, 0.25) is 0 Å². The first-order valence-corrected chi connectivity index (χ1v) is 2.85. The van der Waals surface area contributed by atoms with E-state index in [-0.39, 0.29) is 21.1 Å². The van der Waals surface area contributed by atoms with E-state index < -0.39 is 0 Å². The third-order valence-corrected chi connectivity index (χ3v) is 0.994. The van der Waals surface area contributed by atoms with Crippen LogP contribution in [0.1, 0.15) is 5.56 Å². The first-order chi connectivity index (χ1) is 4.93. The zero-order valence-corrected chi connectivity index (χ0v) is 8.64. The Morgan fingerprint density at radius 3 is 2.55 bits per heavy atom. The zero-order chi connectivity index (χ0) is 7.23. The largest absolute Gasteiger partial charge is 0.289 e. The van der Waals surface area contributed by atoms with Crippen LogP contribution in [-0.2, 0) is 25.9 Å². The third kappa shape index (κ3) is 3.75. The van der Waals surface area contributed by atoms with Gasteiger partial charge in [0.05, 0.1) is 0 Å². The summed E-state index contributed by atoms with van der Waals surface area (Å²) in [6, 6.07) is 9.97. The molecule has 1 rings (SSSR count). The topological polar surface area (TPSA) is 17.1 Å². The number of aldehydes is 1. The van der Waals surface area contributed by atoms with Gasteiger partial charge in [-0.1, -0.05) is 11.5 Å². The van der Waals surface area contributed by atoms with Crippen molar-refractivity contribution in [1.29, 1.82) is 0 Å². The van der Waals surface area contributed by atoms with Gasteiger partial charge in [-0.15, -0.1) is 0 Å². The minimum Gasteiger partial charge on any atom is -0.289 e. The molecule has 1 nitrogen and oxygen atoms in total. The molecule has 0 aliphatic heterocycles. The van der Waals surface area contributed by atoms with Gasteiger partial charge in [0.1, 0.15) is 0 Å². The molecule has 0 radical (unpaired) electrons. The Labute approximate surface area is 80.1 Å². The van der Waals surface area contributed by atoms with Gasteiger partial charge in [0, 0.05) is 21.1 Å². The van der Waals surface area contributed by atoms with Crippen LogP contribution in [0.2, 0.25) is 0 Å². The SMILES string of the molecule is O=CC#Cc1cc[c-]cc1.[W]. The van der Waals surface area contributed by atoms with Gasteiger partial charge in [0.25, 0.3) is 0 Å². The molecule has 0 saturated carbocycles. The standard InChI is InChI=1S/C9H5O.W/c10-8-4-7-9-5-2-1-3-6-9;/h2-3,5-6,8H;/q-1;. The number of benzene rings is 1. The molecule has 0 unspecified atom stereocenters. The van der Waals surface area contributed by atoms with Gasteiger partial charge in [-0.3, -0.25) is 4.79 Å². The van der Waals surface area contributed by atoms with Crippen molar-refractivity contribution >= 4 is 6.29 Å². The molecule has 0 aliphatic carbocycles. The predicted molar refractivity (Wildman–Crippen MR) is 38.2 cm³/mol. The second kappa shape index (κ2) is 5.89. The average Bonchev–Trinajstić information content (AvgIpc) is 2.03. The predicted octanol–water partition coefficient (Wildman–Crippen LogP) is 1.03. The number of rotatable bonds is 0. The molecule has 54 valence electrons. The summed E-state index contributed by atoms with van der Waals surface area (Å²) in [6.45, 7) is 0.